The quantitative estimate of drug-likeness (QED) is 0.845. The van der Waals surface area contributed by atoms with Crippen molar-refractivity contribution < 1.29 is 9.53 Å². The molecule has 15 heavy (non-hydrogen) atoms. The average Bonchev–Trinajstić information content (AvgIpc) is 2.11. The van der Waals surface area contributed by atoms with E-state index in [2.05, 4.69) is 5.32 Å². The summed E-state index contributed by atoms with van der Waals surface area (Å²) in [5.41, 5.74) is 0.931. The molecule has 1 aromatic rings. The second kappa shape index (κ2) is 4.64. The molecular weight excluding hydrogens is 214 g/mol. The molecule has 2 rings (SSSR count). The lowest BCUT2D eigenvalue weighted by atomic mass is 10.1. The first-order chi connectivity index (χ1) is 7.24. The van der Waals surface area contributed by atoms with E-state index in [0.29, 0.717) is 24.7 Å². The van der Waals surface area contributed by atoms with Gasteiger partial charge < -0.3 is 10.1 Å². The van der Waals surface area contributed by atoms with E-state index in [-0.39, 0.29) is 11.9 Å². The number of amides is 1. The summed E-state index contributed by atoms with van der Waals surface area (Å²) in [6, 6.07) is 7.53. The number of ether oxygens (including phenoxy) is 1. The van der Waals surface area contributed by atoms with Crippen LogP contribution in [0.4, 0.5) is 0 Å². The fourth-order valence-electron chi connectivity index (χ4n) is 1.43. The van der Waals surface area contributed by atoms with Gasteiger partial charge in [0.05, 0.1) is 25.7 Å². The summed E-state index contributed by atoms with van der Waals surface area (Å²) in [6.07, 6.45) is 0.372. The first-order valence-electron chi connectivity index (χ1n) is 4.85. The van der Waals surface area contributed by atoms with Crippen molar-refractivity contribution in [3.8, 4) is 0 Å². The lowest BCUT2D eigenvalue weighted by molar-refractivity contribution is -0.124. The molecule has 1 aliphatic heterocycles. The molecule has 0 aliphatic carbocycles. The smallest absolute Gasteiger partial charge is 0.224 e. The summed E-state index contributed by atoms with van der Waals surface area (Å²) in [6.45, 7) is 1.25. The van der Waals surface area contributed by atoms with Gasteiger partial charge in [0, 0.05) is 5.02 Å². The normalized spacial score (nSPS) is 15.8. The predicted octanol–water partition coefficient (Wildman–Crippen LogP) is 1.40. The summed E-state index contributed by atoms with van der Waals surface area (Å²) in [5, 5.41) is 3.54. The van der Waals surface area contributed by atoms with Crippen LogP contribution in [0.5, 0.6) is 0 Å². The van der Waals surface area contributed by atoms with Crippen molar-refractivity contribution in [2.75, 3.05) is 13.2 Å². The van der Waals surface area contributed by atoms with Crippen molar-refractivity contribution in [3.05, 3.63) is 34.9 Å². The fourth-order valence-corrected chi connectivity index (χ4v) is 1.64. The van der Waals surface area contributed by atoms with Crippen LogP contribution in [-0.2, 0) is 16.0 Å². The minimum absolute atomic E-state index is 0.0190. The lowest BCUT2D eigenvalue weighted by Crippen LogP contribution is -2.49. The molecule has 1 aliphatic rings. The lowest BCUT2D eigenvalue weighted by Gasteiger charge is -2.26. The molecule has 0 radical (unpaired) electrons. The second-order valence-electron chi connectivity index (χ2n) is 3.61. The van der Waals surface area contributed by atoms with Crippen LogP contribution >= 0.6 is 11.6 Å². The van der Waals surface area contributed by atoms with Gasteiger partial charge in [-0.15, -0.1) is 0 Å². The molecule has 0 unspecified atom stereocenters. The minimum atomic E-state index is 0.0190. The van der Waals surface area contributed by atoms with Gasteiger partial charge in [0.1, 0.15) is 0 Å². The maximum atomic E-state index is 11.5. The van der Waals surface area contributed by atoms with Crippen LogP contribution in [0.2, 0.25) is 5.02 Å². The topological polar surface area (TPSA) is 38.3 Å². The SMILES string of the molecule is O=C(Cc1cccc(Cl)c1)NC1COC1. The number of nitrogens with one attached hydrogen (secondary N) is 1. The van der Waals surface area contributed by atoms with Crippen LogP contribution in [0.1, 0.15) is 5.56 Å². The molecule has 1 amide bonds. The highest BCUT2D eigenvalue weighted by atomic mass is 35.5. The minimum Gasteiger partial charge on any atom is -0.377 e. The van der Waals surface area contributed by atoms with Gasteiger partial charge >= 0.3 is 0 Å². The molecule has 0 aromatic heterocycles. The Hall–Kier alpha value is -1.06. The molecule has 3 nitrogen and oxygen atoms in total. The van der Waals surface area contributed by atoms with Crippen molar-refractivity contribution in [3.63, 3.8) is 0 Å². The Bertz CT molecular complexity index is 363. The summed E-state index contributed by atoms with van der Waals surface area (Å²) in [7, 11) is 0. The summed E-state index contributed by atoms with van der Waals surface area (Å²) in [5.74, 6) is 0.0190. The van der Waals surface area contributed by atoms with Crippen molar-refractivity contribution in [2.45, 2.75) is 12.5 Å². The van der Waals surface area contributed by atoms with Crippen LogP contribution in [0.25, 0.3) is 0 Å². The van der Waals surface area contributed by atoms with Gasteiger partial charge in [0.25, 0.3) is 0 Å². The third-order valence-corrected chi connectivity index (χ3v) is 2.49. The third kappa shape index (κ3) is 2.94. The zero-order valence-corrected chi connectivity index (χ0v) is 8.96. The summed E-state index contributed by atoms with van der Waals surface area (Å²) >= 11 is 5.82. The molecule has 1 aromatic carbocycles. The summed E-state index contributed by atoms with van der Waals surface area (Å²) < 4.78 is 4.97. The molecule has 1 saturated heterocycles. The fraction of sp³-hybridized carbons (Fsp3) is 0.364. The first-order valence-corrected chi connectivity index (χ1v) is 5.23. The Balaban J connectivity index is 1.87. The Morgan fingerprint density at radius 2 is 2.33 bits per heavy atom. The monoisotopic (exact) mass is 225 g/mol. The zero-order chi connectivity index (χ0) is 10.7. The number of carbonyl (C=O) groups excluding carboxylic acids is 1. The molecule has 4 heteroatoms. The number of benzene rings is 1. The molecule has 0 saturated carbocycles. The average molecular weight is 226 g/mol. The van der Waals surface area contributed by atoms with E-state index in [1.165, 1.54) is 0 Å². The predicted molar refractivity (Wildman–Crippen MR) is 57.9 cm³/mol. The van der Waals surface area contributed by atoms with Crippen LogP contribution < -0.4 is 5.32 Å². The number of hydrogen-bond donors (Lipinski definition) is 1. The Morgan fingerprint density at radius 1 is 1.53 bits per heavy atom. The molecular formula is C11H12ClNO2. The highest BCUT2D eigenvalue weighted by Gasteiger charge is 2.20. The molecule has 0 atom stereocenters. The molecule has 1 N–H and O–H groups in total. The second-order valence-corrected chi connectivity index (χ2v) is 4.05. The summed E-state index contributed by atoms with van der Waals surface area (Å²) in [4.78, 5) is 11.5. The maximum absolute atomic E-state index is 11.5. The van der Waals surface area contributed by atoms with Crippen molar-refractivity contribution in [1.82, 2.24) is 5.32 Å². The van der Waals surface area contributed by atoms with Gasteiger partial charge in [-0.1, -0.05) is 23.7 Å². The molecule has 1 fully saturated rings. The van der Waals surface area contributed by atoms with E-state index < -0.39 is 0 Å². The Morgan fingerprint density at radius 3 is 2.93 bits per heavy atom. The van der Waals surface area contributed by atoms with Crippen LogP contribution in [0.3, 0.4) is 0 Å². The molecule has 1 heterocycles. The van der Waals surface area contributed by atoms with E-state index in [0.717, 1.165) is 5.56 Å². The number of carbonyl (C=O) groups is 1. The molecule has 0 bridgehead atoms. The van der Waals surface area contributed by atoms with E-state index in [9.17, 15) is 4.79 Å². The van der Waals surface area contributed by atoms with E-state index in [1.807, 2.05) is 12.1 Å². The Labute approximate surface area is 93.4 Å². The van der Waals surface area contributed by atoms with Gasteiger partial charge in [0.15, 0.2) is 0 Å². The molecule has 0 spiro atoms. The third-order valence-electron chi connectivity index (χ3n) is 2.26. The maximum Gasteiger partial charge on any atom is 0.224 e. The van der Waals surface area contributed by atoms with Crippen molar-refractivity contribution in [1.29, 1.82) is 0 Å². The number of hydrogen-bond acceptors (Lipinski definition) is 2. The standard InChI is InChI=1S/C11H12ClNO2/c12-9-3-1-2-8(4-9)5-11(14)13-10-6-15-7-10/h1-4,10H,5-7H2,(H,13,14). The van der Waals surface area contributed by atoms with Crippen molar-refractivity contribution in [2.24, 2.45) is 0 Å². The van der Waals surface area contributed by atoms with Crippen molar-refractivity contribution >= 4 is 17.5 Å². The van der Waals surface area contributed by atoms with Gasteiger partial charge in [-0.2, -0.15) is 0 Å². The number of rotatable bonds is 3. The number of halogens is 1. The van der Waals surface area contributed by atoms with E-state index in [4.69, 9.17) is 16.3 Å². The highest BCUT2D eigenvalue weighted by molar-refractivity contribution is 6.30. The van der Waals surface area contributed by atoms with Gasteiger partial charge in [-0.3, -0.25) is 4.79 Å². The van der Waals surface area contributed by atoms with Gasteiger partial charge in [-0.25, -0.2) is 0 Å². The van der Waals surface area contributed by atoms with E-state index >= 15 is 0 Å². The zero-order valence-electron chi connectivity index (χ0n) is 8.20. The van der Waals surface area contributed by atoms with Gasteiger partial charge in [0.2, 0.25) is 5.91 Å². The van der Waals surface area contributed by atoms with Crippen LogP contribution in [0, 0.1) is 0 Å². The van der Waals surface area contributed by atoms with Crippen LogP contribution in [-0.4, -0.2) is 25.2 Å². The first kappa shape index (κ1) is 10.5. The molecule has 80 valence electrons. The van der Waals surface area contributed by atoms with Gasteiger partial charge in [-0.05, 0) is 17.7 Å². The largest absolute Gasteiger partial charge is 0.377 e. The highest BCUT2D eigenvalue weighted by Crippen LogP contribution is 2.11. The van der Waals surface area contributed by atoms with Crippen LogP contribution in [0.15, 0.2) is 24.3 Å². The Kier molecular flexibility index (Phi) is 3.23. The van der Waals surface area contributed by atoms with E-state index in [1.54, 1.807) is 12.1 Å².